The van der Waals surface area contributed by atoms with Crippen LogP contribution in [0.2, 0.25) is 0 Å². The van der Waals surface area contributed by atoms with Gasteiger partial charge in [0.15, 0.2) is 0 Å². The molecule has 1 rings (SSSR count). The van der Waals surface area contributed by atoms with E-state index in [-0.39, 0.29) is 11.8 Å². The van der Waals surface area contributed by atoms with Gasteiger partial charge in [-0.05, 0) is 18.9 Å². The van der Waals surface area contributed by atoms with Gasteiger partial charge in [-0.2, -0.15) is 0 Å². The smallest absolute Gasteiger partial charge is 0.146 e. The van der Waals surface area contributed by atoms with Gasteiger partial charge >= 0.3 is 0 Å². The van der Waals surface area contributed by atoms with Crippen molar-refractivity contribution in [3.8, 4) is 0 Å². The number of hydrogen-bond donors (Lipinski definition) is 1. The first kappa shape index (κ1) is 12.8. The Bertz CT molecular complexity index is 256. The normalized spacial score (nSPS) is 11.1. The average Bonchev–Trinajstić information content (AvgIpc) is 2.22. The van der Waals surface area contributed by atoms with Crippen LogP contribution in [0.4, 0.5) is 0 Å². The van der Waals surface area contributed by atoms with Crippen molar-refractivity contribution in [2.75, 3.05) is 0 Å². The highest BCUT2D eigenvalue weighted by Crippen LogP contribution is 2.01. The van der Waals surface area contributed by atoms with Gasteiger partial charge in [0, 0.05) is 0 Å². The Kier molecular flexibility index (Phi) is 6.68. The molecule has 0 amide bonds. The maximum absolute atomic E-state index is 10.8. The lowest BCUT2D eigenvalue weighted by Gasteiger charge is -2.06. The van der Waals surface area contributed by atoms with Crippen molar-refractivity contribution in [2.24, 2.45) is 5.73 Å². The van der Waals surface area contributed by atoms with Crippen LogP contribution < -0.4 is 5.73 Å². The van der Waals surface area contributed by atoms with Gasteiger partial charge in [-0.3, -0.25) is 4.79 Å². The van der Waals surface area contributed by atoms with E-state index in [2.05, 4.69) is 0 Å². The molecule has 0 aliphatic carbocycles. The van der Waals surface area contributed by atoms with E-state index in [1.165, 1.54) is 6.92 Å². The molecule has 0 aliphatic heterocycles. The second-order valence-corrected chi connectivity index (χ2v) is 2.91. The summed E-state index contributed by atoms with van der Waals surface area (Å²) in [6, 6.07) is 9.44. The Morgan fingerprint density at radius 1 is 1.29 bits per heavy atom. The summed E-state index contributed by atoms with van der Waals surface area (Å²) in [6.45, 7) is 5.52. The zero-order valence-corrected chi connectivity index (χ0v) is 9.16. The minimum atomic E-state index is -0.354. The van der Waals surface area contributed by atoms with E-state index in [1.807, 2.05) is 44.2 Å². The number of carbonyl (C=O) groups is 1. The van der Waals surface area contributed by atoms with E-state index in [1.54, 1.807) is 0 Å². The molecule has 0 bridgehead atoms. The fourth-order valence-corrected chi connectivity index (χ4v) is 1.01. The minimum absolute atomic E-state index is 0.0406. The van der Waals surface area contributed by atoms with E-state index in [0.717, 1.165) is 5.56 Å². The summed E-state index contributed by atoms with van der Waals surface area (Å²) in [5.74, 6) is 0.0406. The predicted molar refractivity (Wildman–Crippen MR) is 60.2 cm³/mol. The summed E-state index contributed by atoms with van der Waals surface area (Å²) in [7, 11) is 0. The summed E-state index contributed by atoms with van der Waals surface area (Å²) in [5.41, 5.74) is 6.71. The number of hydrogen-bond acceptors (Lipinski definition) is 2. The van der Waals surface area contributed by atoms with Gasteiger partial charge in [0.2, 0.25) is 0 Å². The number of ketones is 1. The van der Waals surface area contributed by atoms with Crippen LogP contribution in [0.5, 0.6) is 0 Å². The number of nitrogens with two attached hydrogens (primary N) is 1. The van der Waals surface area contributed by atoms with Gasteiger partial charge in [-0.1, -0.05) is 44.2 Å². The van der Waals surface area contributed by atoms with E-state index in [9.17, 15) is 4.79 Å². The molecule has 2 heteroatoms. The molecule has 1 unspecified atom stereocenters. The lowest BCUT2D eigenvalue weighted by atomic mass is 10.0. The van der Waals surface area contributed by atoms with E-state index < -0.39 is 0 Å². The molecular weight excluding hydrogens is 174 g/mol. The first-order chi connectivity index (χ1) is 6.70. The van der Waals surface area contributed by atoms with Crippen molar-refractivity contribution in [2.45, 2.75) is 33.2 Å². The zero-order chi connectivity index (χ0) is 11.0. The number of Topliss-reactive ketones (excluding diaryl/α,β-unsaturated/α-hetero) is 1. The Hall–Kier alpha value is -1.15. The summed E-state index contributed by atoms with van der Waals surface area (Å²) in [6.07, 6.45) is 0.635. The predicted octanol–water partition coefficient (Wildman–Crippen LogP) is 2.17. The third kappa shape index (κ3) is 4.77. The van der Waals surface area contributed by atoms with E-state index in [4.69, 9.17) is 5.73 Å². The topological polar surface area (TPSA) is 43.1 Å². The van der Waals surface area contributed by atoms with Crippen molar-refractivity contribution in [1.29, 1.82) is 0 Å². The van der Waals surface area contributed by atoms with Gasteiger partial charge in [0.25, 0.3) is 0 Å². The first-order valence-corrected chi connectivity index (χ1v) is 5.00. The molecule has 14 heavy (non-hydrogen) atoms. The van der Waals surface area contributed by atoms with E-state index >= 15 is 0 Å². The van der Waals surface area contributed by atoms with Crippen molar-refractivity contribution in [3.05, 3.63) is 35.9 Å². The SMILES string of the molecule is CC.CC(=O)C(N)Cc1ccccc1. The first-order valence-electron chi connectivity index (χ1n) is 5.00. The molecule has 1 aromatic carbocycles. The lowest BCUT2D eigenvalue weighted by molar-refractivity contribution is -0.118. The molecule has 0 aliphatic rings. The summed E-state index contributed by atoms with van der Waals surface area (Å²) in [5, 5.41) is 0. The number of carbonyl (C=O) groups excluding carboxylic acids is 1. The van der Waals surface area contributed by atoms with Crippen LogP contribution in [0.1, 0.15) is 26.3 Å². The summed E-state index contributed by atoms with van der Waals surface area (Å²) in [4.78, 5) is 10.8. The molecule has 0 saturated heterocycles. The molecule has 0 spiro atoms. The van der Waals surface area contributed by atoms with Gasteiger partial charge in [-0.15, -0.1) is 0 Å². The van der Waals surface area contributed by atoms with Crippen LogP contribution in [0, 0.1) is 0 Å². The second-order valence-electron chi connectivity index (χ2n) is 2.91. The lowest BCUT2D eigenvalue weighted by Crippen LogP contribution is -2.30. The standard InChI is InChI=1S/C10H13NO.C2H6/c1-8(12)10(11)7-9-5-3-2-4-6-9;1-2/h2-6,10H,7,11H2,1H3;1-2H3. The Morgan fingerprint density at radius 2 is 1.79 bits per heavy atom. The Labute approximate surface area is 86.1 Å². The highest BCUT2D eigenvalue weighted by molar-refractivity contribution is 5.81. The minimum Gasteiger partial charge on any atom is -0.321 e. The molecule has 1 atom stereocenters. The van der Waals surface area contributed by atoms with Crippen LogP contribution in [0.15, 0.2) is 30.3 Å². The zero-order valence-electron chi connectivity index (χ0n) is 9.16. The highest BCUT2D eigenvalue weighted by Gasteiger charge is 2.07. The van der Waals surface area contributed by atoms with Crippen LogP contribution in [0.25, 0.3) is 0 Å². The number of rotatable bonds is 3. The third-order valence-corrected chi connectivity index (χ3v) is 1.82. The maximum atomic E-state index is 10.8. The molecule has 0 fully saturated rings. The van der Waals surface area contributed by atoms with Crippen LogP contribution in [-0.4, -0.2) is 11.8 Å². The molecule has 78 valence electrons. The van der Waals surface area contributed by atoms with Crippen LogP contribution in [0.3, 0.4) is 0 Å². The molecule has 2 nitrogen and oxygen atoms in total. The summed E-state index contributed by atoms with van der Waals surface area (Å²) < 4.78 is 0. The Balaban J connectivity index is 0.000000791. The molecule has 2 N–H and O–H groups in total. The quantitative estimate of drug-likeness (QED) is 0.799. The Morgan fingerprint density at radius 3 is 2.21 bits per heavy atom. The average molecular weight is 193 g/mol. The van der Waals surface area contributed by atoms with Crippen LogP contribution >= 0.6 is 0 Å². The molecule has 0 saturated carbocycles. The fourth-order valence-electron chi connectivity index (χ4n) is 1.01. The van der Waals surface area contributed by atoms with Crippen molar-refractivity contribution < 1.29 is 4.79 Å². The van der Waals surface area contributed by atoms with Gasteiger partial charge in [0.1, 0.15) is 5.78 Å². The van der Waals surface area contributed by atoms with Crippen LogP contribution in [-0.2, 0) is 11.2 Å². The largest absolute Gasteiger partial charge is 0.321 e. The summed E-state index contributed by atoms with van der Waals surface area (Å²) >= 11 is 0. The third-order valence-electron chi connectivity index (χ3n) is 1.82. The molecular formula is C12H19NO. The fraction of sp³-hybridized carbons (Fsp3) is 0.417. The van der Waals surface area contributed by atoms with Crippen molar-refractivity contribution in [3.63, 3.8) is 0 Å². The van der Waals surface area contributed by atoms with Crippen molar-refractivity contribution >= 4 is 5.78 Å². The number of benzene rings is 1. The van der Waals surface area contributed by atoms with Gasteiger partial charge in [-0.25, -0.2) is 0 Å². The van der Waals surface area contributed by atoms with Crippen molar-refractivity contribution in [1.82, 2.24) is 0 Å². The molecule has 1 aromatic rings. The monoisotopic (exact) mass is 193 g/mol. The molecule has 0 aromatic heterocycles. The van der Waals surface area contributed by atoms with Gasteiger partial charge in [0.05, 0.1) is 6.04 Å². The van der Waals surface area contributed by atoms with Gasteiger partial charge < -0.3 is 5.73 Å². The second kappa shape index (κ2) is 7.27. The van der Waals surface area contributed by atoms with E-state index in [0.29, 0.717) is 6.42 Å². The molecule has 0 heterocycles. The maximum Gasteiger partial charge on any atom is 0.146 e. The highest BCUT2D eigenvalue weighted by atomic mass is 16.1. The molecule has 0 radical (unpaired) electrons.